The molecule has 0 bridgehead atoms. The molecule has 0 saturated carbocycles. The number of aryl methyl sites for hydroxylation is 1. The van der Waals surface area contributed by atoms with E-state index in [9.17, 15) is 5.11 Å². The van der Waals surface area contributed by atoms with Crippen LogP contribution in [0.2, 0.25) is 0 Å². The van der Waals surface area contributed by atoms with E-state index in [1.165, 1.54) is 11.8 Å². The largest absolute Gasteiger partial charge is 0.496 e. The lowest BCUT2D eigenvalue weighted by atomic mass is 9.99. The van der Waals surface area contributed by atoms with Gasteiger partial charge in [0.05, 0.1) is 12.9 Å². The minimum Gasteiger partial charge on any atom is -0.496 e. The highest BCUT2D eigenvalue weighted by molar-refractivity contribution is 8.23. The van der Waals surface area contributed by atoms with Crippen molar-refractivity contribution in [3.8, 4) is 5.75 Å². The maximum absolute atomic E-state index is 11.4. The van der Waals surface area contributed by atoms with Crippen molar-refractivity contribution in [1.29, 1.82) is 0 Å². The fourth-order valence-electron chi connectivity index (χ4n) is 2.70. The highest BCUT2D eigenvalue weighted by Crippen LogP contribution is 2.43. The number of rotatable bonds is 4. The summed E-state index contributed by atoms with van der Waals surface area (Å²) in [7, 11) is 1.61. The van der Waals surface area contributed by atoms with Gasteiger partial charge in [-0.3, -0.25) is 4.98 Å². The smallest absolute Gasteiger partial charge is 0.179 e. The van der Waals surface area contributed by atoms with Gasteiger partial charge in [-0.1, -0.05) is 41.7 Å². The van der Waals surface area contributed by atoms with E-state index in [2.05, 4.69) is 4.98 Å². The number of hydrogen-bond donors (Lipinski definition) is 1. The molecule has 2 heterocycles. The van der Waals surface area contributed by atoms with Crippen LogP contribution in [0.5, 0.6) is 5.75 Å². The molecule has 0 amide bonds. The van der Waals surface area contributed by atoms with E-state index >= 15 is 0 Å². The molecule has 0 spiro atoms. The van der Waals surface area contributed by atoms with Gasteiger partial charge in [0.2, 0.25) is 0 Å². The molecular weight excluding hydrogens is 328 g/mol. The van der Waals surface area contributed by atoms with Gasteiger partial charge >= 0.3 is 0 Å². The van der Waals surface area contributed by atoms with E-state index in [4.69, 9.17) is 17.0 Å². The molecule has 23 heavy (non-hydrogen) atoms. The molecule has 0 radical (unpaired) electrons. The number of hydrogen-bond acceptors (Lipinski definition) is 5. The van der Waals surface area contributed by atoms with Crippen LogP contribution in [0.3, 0.4) is 0 Å². The molecule has 1 aliphatic heterocycles. The number of ether oxygens (including phenoxy) is 1. The van der Waals surface area contributed by atoms with Gasteiger partial charge in [-0.05, 0) is 30.7 Å². The molecule has 1 atom stereocenters. The van der Waals surface area contributed by atoms with Gasteiger partial charge in [0.1, 0.15) is 10.1 Å². The lowest BCUT2D eigenvalue weighted by molar-refractivity contribution is -0.0524. The van der Waals surface area contributed by atoms with Crippen molar-refractivity contribution >= 4 is 28.3 Å². The Balaban J connectivity index is 2.02. The number of aliphatic hydroxyl groups is 1. The molecule has 1 aliphatic rings. The average molecular weight is 346 g/mol. The molecule has 120 valence electrons. The molecule has 6 heteroatoms. The summed E-state index contributed by atoms with van der Waals surface area (Å²) in [5.74, 6) is 1.14. The number of thiocarbonyl (C=S) groups is 1. The predicted octanol–water partition coefficient (Wildman–Crippen LogP) is 3.08. The third kappa shape index (κ3) is 3.06. The molecule has 1 N–H and O–H groups in total. The lowest BCUT2D eigenvalue weighted by Gasteiger charge is -2.35. The zero-order valence-corrected chi connectivity index (χ0v) is 14.7. The second-order valence-electron chi connectivity index (χ2n) is 5.52. The molecule has 1 saturated heterocycles. The van der Waals surface area contributed by atoms with Gasteiger partial charge in [0.15, 0.2) is 5.72 Å². The van der Waals surface area contributed by atoms with Crippen LogP contribution < -0.4 is 4.74 Å². The van der Waals surface area contributed by atoms with Crippen molar-refractivity contribution in [3.63, 3.8) is 0 Å². The van der Waals surface area contributed by atoms with E-state index in [-0.39, 0.29) is 0 Å². The Bertz CT molecular complexity index is 724. The Labute approximate surface area is 145 Å². The Morgan fingerprint density at radius 1 is 1.43 bits per heavy atom. The molecular formula is C17H18N2O2S2. The van der Waals surface area contributed by atoms with E-state index in [1.807, 2.05) is 42.2 Å². The SMILES string of the molecule is COc1ccc(C)cc1C1(O)CSC(=S)N1Cc1cccnc1. The van der Waals surface area contributed by atoms with Crippen LogP contribution in [-0.2, 0) is 12.3 Å². The maximum Gasteiger partial charge on any atom is 0.179 e. The zero-order valence-electron chi connectivity index (χ0n) is 13.0. The van der Waals surface area contributed by atoms with Gasteiger partial charge in [-0.15, -0.1) is 0 Å². The third-order valence-corrected chi connectivity index (χ3v) is 5.50. The molecule has 2 aromatic rings. The molecule has 0 aliphatic carbocycles. The molecule has 1 fully saturated rings. The van der Waals surface area contributed by atoms with Crippen molar-refractivity contribution in [2.75, 3.05) is 12.9 Å². The summed E-state index contributed by atoms with van der Waals surface area (Å²) in [5.41, 5.74) is 1.63. The summed E-state index contributed by atoms with van der Waals surface area (Å²) in [5, 5.41) is 11.4. The first kappa shape index (κ1) is 16.2. The van der Waals surface area contributed by atoms with Crippen LogP contribution in [0, 0.1) is 6.92 Å². The summed E-state index contributed by atoms with van der Waals surface area (Å²) in [6.07, 6.45) is 3.52. The first-order valence-electron chi connectivity index (χ1n) is 7.25. The van der Waals surface area contributed by atoms with E-state index in [0.717, 1.165) is 16.7 Å². The van der Waals surface area contributed by atoms with Crippen LogP contribution in [0.1, 0.15) is 16.7 Å². The van der Waals surface area contributed by atoms with Crippen LogP contribution in [-0.4, -0.2) is 32.2 Å². The fourth-order valence-corrected chi connectivity index (χ4v) is 4.10. The standard InChI is InChI=1S/C17H18N2O2S2/c1-12-5-6-15(21-2)14(8-12)17(20)11-23-16(22)19(17)10-13-4-3-7-18-9-13/h3-9,20H,10-11H2,1-2H3. The van der Waals surface area contributed by atoms with Crippen molar-refractivity contribution in [2.24, 2.45) is 0 Å². The first-order chi connectivity index (χ1) is 11.0. The second-order valence-corrected chi connectivity index (χ2v) is 7.13. The lowest BCUT2D eigenvalue weighted by Crippen LogP contribution is -2.44. The number of benzene rings is 1. The minimum atomic E-state index is -1.19. The number of nitrogens with zero attached hydrogens (tertiary/aromatic N) is 2. The van der Waals surface area contributed by atoms with Crippen LogP contribution >= 0.6 is 24.0 Å². The maximum atomic E-state index is 11.4. The van der Waals surface area contributed by atoms with E-state index in [0.29, 0.717) is 22.4 Å². The highest BCUT2D eigenvalue weighted by atomic mass is 32.2. The Kier molecular flexibility index (Phi) is 4.57. The van der Waals surface area contributed by atoms with Crippen molar-refractivity contribution in [1.82, 2.24) is 9.88 Å². The summed E-state index contributed by atoms with van der Waals surface area (Å²) in [6.45, 7) is 2.51. The van der Waals surface area contributed by atoms with Crippen LogP contribution in [0.25, 0.3) is 0 Å². The van der Waals surface area contributed by atoms with E-state index < -0.39 is 5.72 Å². The van der Waals surface area contributed by atoms with Gasteiger partial charge in [0.25, 0.3) is 0 Å². The summed E-state index contributed by atoms with van der Waals surface area (Å²) < 4.78 is 6.14. The normalized spacial score (nSPS) is 20.8. The Morgan fingerprint density at radius 2 is 2.26 bits per heavy atom. The van der Waals surface area contributed by atoms with Gasteiger partial charge in [0, 0.05) is 24.5 Å². The van der Waals surface area contributed by atoms with Crippen molar-refractivity contribution in [3.05, 3.63) is 59.4 Å². The van der Waals surface area contributed by atoms with Crippen molar-refractivity contribution < 1.29 is 9.84 Å². The van der Waals surface area contributed by atoms with Crippen molar-refractivity contribution in [2.45, 2.75) is 19.2 Å². The topological polar surface area (TPSA) is 45.6 Å². The van der Waals surface area contributed by atoms with Crippen LogP contribution in [0.4, 0.5) is 0 Å². The number of methoxy groups -OCH3 is 1. The number of pyridine rings is 1. The van der Waals surface area contributed by atoms with Crippen LogP contribution in [0.15, 0.2) is 42.7 Å². The number of thioether (sulfide) groups is 1. The first-order valence-corrected chi connectivity index (χ1v) is 8.65. The summed E-state index contributed by atoms with van der Waals surface area (Å²) in [6, 6.07) is 9.68. The monoisotopic (exact) mass is 346 g/mol. The van der Waals surface area contributed by atoms with Gasteiger partial charge < -0.3 is 14.7 Å². The Hall–Kier alpha value is -1.63. The predicted molar refractivity (Wildman–Crippen MR) is 96.5 cm³/mol. The molecule has 1 aromatic carbocycles. The zero-order chi connectivity index (χ0) is 16.4. The van der Waals surface area contributed by atoms with Gasteiger partial charge in [-0.25, -0.2) is 0 Å². The molecule has 1 aromatic heterocycles. The summed E-state index contributed by atoms with van der Waals surface area (Å²) >= 11 is 6.95. The fraction of sp³-hybridized carbons (Fsp3) is 0.294. The highest BCUT2D eigenvalue weighted by Gasteiger charge is 2.45. The molecule has 3 rings (SSSR count). The van der Waals surface area contributed by atoms with E-state index in [1.54, 1.807) is 19.5 Å². The summed E-state index contributed by atoms with van der Waals surface area (Å²) in [4.78, 5) is 5.99. The molecule has 4 nitrogen and oxygen atoms in total. The minimum absolute atomic E-state index is 0.478. The Morgan fingerprint density at radius 3 is 2.96 bits per heavy atom. The number of aromatic nitrogens is 1. The molecule has 1 unspecified atom stereocenters. The average Bonchev–Trinajstić information content (AvgIpc) is 2.85. The third-order valence-electron chi connectivity index (χ3n) is 3.91. The van der Waals surface area contributed by atoms with Gasteiger partial charge in [-0.2, -0.15) is 0 Å². The quantitative estimate of drug-likeness (QED) is 0.859. The second kappa shape index (κ2) is 6.47.